The number of pyridine rings is 1. The first kappa shape index (κ1) is 22.3. The second-order valence-corrected chi connectivity index (χ2v) is 9.59. The molecule has 0 radical (unpaired) electrons. The minimum Gasteiger partial charge on any atom is -0.294 e. The number of para-hydroxylation sites is 1. The Bertz CT molecular complexity index is 1670. The second-order valence-electron chi connectivity index (χ2n) is 9.59. The zero-order valence-electron chi connectivity index (χ0n) is 20.9. The molecule has 3 heterocycles. The molecule has 2 aromatic heterocycles. The predicted molar refractivity (Wildman–Crippen MR) is 154 cm³/mol. The van der Waals surface area contributed by atoms with E-state index < -0.39 is 0 Å². The van der Waals surface area contributed by atoms with Gasteiger partial charge in [-0.25, -0.2) is 9.67 Å². The van der Waals surface area contributed by atoms with Gasteiger partial charge in [0.05, 0.1) is 17.6 Å². The van der Waals surface area contributed by atoms with Gasteiger partial charge in [-0.1, -0.05) is 84.9 Å². The molecule has 0 aliphatic carbocycles. The van der Waals surface area contributed by atoms with E-state index in [4.69, 9.17) is 10.1 Å². The van der Waals surface area contributed by atoms with Crippen LogP contribution in [0.4, 0.5) is 17.2 Å². The highest BCUT2D eigenvalue weighted by atomic mass is 15.3. The van der Waals surface area contributed by atoms with Crippen molar-refractivity contribution in [3.05, 3.63) is 145 Å². The minimum atomic E-state index is 0.974. The molecule has 182 valence electrons. The molecule has 0 N–H and O–H groups in total. The van der Waals surface area contributed by atoms with Crippen molar-refractivity contribution >= 4 is 17.2 Å². The van der Waals surface area contributed by atoms with Gasteiger partial charge in [0.2, 0.25) is 0 Å². The van der Waals surface area contributed by atoms with E-state index >= 15 is 0 Å². The summed E-state index contributed by atoms with van der Waals surface area (Å²) in [7, 11) is 0. The maximum Gasteiger partial charge on any atom is 0.140 e. The van der Waals surface area contributed by atoms with Crippen molar-refractivity contribution in [3.8, 4) is 27.9 Å². The molecular formula is C34H26N4. The SMILES string of the molecule is c1ccc(-c2ccc(-c3cnn(-c4cccc(N5c6ccccc6CCc6cccnc65)c4)c3)cc2)cc1. The molecule has 0 amide bonds. The van der Waals surface area contributed by atoms with Gasteiger partial charge >= 0.3 is 0 Å². The molecule has 1 aliphatic rings. The Morgan fingerprint density at radius 2 is 1.24 bits per heavy atom. The summed E-state index contributed by atoms with van der Waals surface area (Å²) in [5.74, 6) is 0.995. The first-order valence-electron chi connectivity index (χ1n) is 13.0. The maximum absolute atomic E-state index is 4.81. The lowest BCUT2D eigenvalue weighted by atomic mass is 10.0. The molecule has 4 aromatic carbocycles. The van der Waals surface area contributed by atoms with Gasteiger partial charge in [-0.2, -0.15) is 5.10 Å². The molecular weight excluding hydrogens is 464 g/mol. The number of aryl methyl sites for hydroxylation is 2. The van der Waals surface area contributed by atoms with Crippen LogP contribution in [0.1, 0.15) is 11.1 Å². The number of aromatic nitrogens is 3. The molecule has 6 aromatic rings. The first-order chi connectivity index (χ1) is 18.8. The van der Waals surface area contributed by atoms with E-state index in [2.05, 4.69) is 114 Å². The van der Waals surface area contributed by atoms with E-state index in [1.165, 1.54) is 27.9 Å². The van der Waals surface area contributed by atoms with Crippen LogP contribution in [0.2, 0.25) is 0 Å². The highest BCUT2D eigenvalue weighted by molar-refractivity contribution is 5.80. The average Bonchev–Trinajstić information content (AvgIpc) is 3.42. The van der Waals surface area contributed by atoms with Gasteiger partial charge in [0.1, 0.15) is 5.82 Å². The topological polar surface area (TPSA) is 34.0 Å². The van der Waals surface area contributed by atoms with Crippen molar-refractivity contribution in [2.75, 3.05) is 4.90 Å². The third-order valence-electron chi connectivity index (χ3n) is 7.24. The Balaban J connectivity index is 1.24. The van der Waals surface area contributed by atoms with Crippen LogP contribution < -0.4 is 4.90 Å². The van der Waals surface area contributed by atoms with E-state index in [1.807, 2.05) is 29.2 Å². The third kappa shape index (κ3) is 4.06. The van der Waals surface area contributed by atoms with Crippen molar-refractivity contribution < 1.29 is 0 Å². The monoisotopic (exact) mass is 490 g/mol. The molecule has 38 heavy (non-hydrogen) atoms. The smallest absolute Gasteiger partial charge is 0.140 e. The number of hydrogen-bond acceptors (Lipinski definition) is 3. The van der Waals surface area contributed by atoms with E-state index in [9.17, 15) is 0 Å². The molecule has 0 fully saturated rings. The van der Waals surface area contributed by atoms with Crippen LogP contribution in [0.3, 0.4) is 0 Å². The van der Waals surface area contributed by atoms with E-state index in [-0.39, 0.29) is 0 Å². The van der Waals surface area contributed by atoms with Gasteiger partial charge in [-0.05, 0) is 71.0 Å². The summed E-state index contributed by atoms with van der Waals surface area (Å²) in [4.78, 5) is 7.10. The van der Waals surface area contributed by atoms with Crippen LogP contribution in [-0.2, 0) is 12.8 Å². The van der Waals surface area contributed by atoms with Crippen LogP contribution in [-0.4, -0.2) is 14.8 Å². The van der Waals surface area contributed by atoms with Crippen LogP contribution in [0, 0.1) is 0 Å². The van der Waals surface area contributed by atoms with Gasteiger partial charge < -0.3 is 0 Å². The number of hydrogen-bond donors (Lipinski definition) is 0. The third-order valence-corrected chi connectivity index (χ3v) is 7.24. The zero-order valence-corrected chi connectivity index (χ0v) is 20.9. The normalized spacial score (nSPS) is 12.5. The number of fused-ring (bicyclic) bond motifs is 2. The predicted octanol–water partition coefficient (Wildman–Crippen LogP) is 8.17. The number of nitrogens with zero attached hydrogens (tertiary/aromatic N) is 4. The fourth-order valence-corrected chi connectivity index (χ4v) is 5.29. The van der Waals surface area contributed by atoms with Crippen LogP contribution in [0.25, 0.3) is 27.9 Å². The summed E-state index contributed by atoms with van der Waals surface area (Å²) in [6.45, 7) is 0. The highest BCUT2D eigenvalue weighted by Crippen LogP contribution is 2.40. The Morgan fingerprint density at radius 3 is 2.11 bits per heavy atom. The summed E-state index contributed by atoms with van der Waals surface area (Å²) in [6.07, 6.45) is 7.88. The molecule has 1 aliphatic heterocycles. The second kappa shape index (κ2) is 9.49. The molecule has 0 saturated carbocycles. The minimum absolute atomic E-state index is 0.974. The Kier molecular flexibility index (Phi) is 5.56. The van der Waals surface area contributed by atoms with Crippen molar-refractivity contribution in [2.24, 2.45) is 0 Å². The average molecular weight is 491 g/mol. The quantitative estimate of drug-likeness (QED) is 0.250. The molecule has 0 spiro atoms. The fraction of sp³-hybridized carbons (Fsp3) is 0.0588. The van der Waals surface area contributed by atoms with Crippen molar-refractivity contribution in [2.45, 2.75) is 12.8 Å². The van der Waals surface area contributed by atoms with Gasteiger partial charge in [0.15, 0.2) is 0 Å². The Morgan fingerprint density at radius 1 is 0.553 bits per heavy atom. The van der Waals surface area contributed by atoms with E-state index in [1.54, 1.807) is 0 Å². The molecule has 0 bridgehead atoms. The molecule has 0 atom stereocenters. The standard InChI is InChI=1S/C34H26N4/c1-2-8-25(9-3-1)26-15-17-27(18-16-26)30-23-36-37(24-30)31-12-6-13-32(22-31)38-33-14-5-4-10-28(33)19-20-29-11-7-21-35-34(29)38/h1-18,21-24H,19-20H2. The van der Waals surface area contributed by atoms with Crippen molar-refractivity contribution in [3.63, 3.8) is 0 Å². The van der Waals surface area contributed by atoms with Crippen LogP contribution in [0.15, 0.2) is 134 Å². The molecule has 4 nitrogen and oxygen atoms in total. The molecule has 0 saturated heterocycles. The van der Waals surface area contributed by atoms with Crippen molar-refractivity contribution in [1.29, 1.82) is 0 Å². The van der Waals surface area contributed by atoms with Gasteiger partial charge in [0.25, 0.3) is 0 Å². The number of anilines is 3. The summed E-state index contributed by atoms with van der Waals surface area (Å²) in [6, 6.07) is 40.5. The molecule has 7 rings (SSSR count). The summed E-state index contributed by atoms with van der Waals surface area (Å²) < 4.78 is 1.95. The number of rotatable bonds is 4. The summed E-state index contributed by atoms with van der Waals surface area (Å²) >= 11 is 0. The summed E-state index contributed by atoms with van der Waals surface area (Å²) in [5.41, 5.74) is 10.5. The lowest BCUT2D eigenvalue weighted by Gasteiger charge is -2.26. The maximum atomic E-state index is 4.81. The van der Waals surface area contributed by atoms with E-state index in [0.717, 1.165) is 41.2 Å². The van der Waals surface area contributed by atoms with Gasteiger partial charge in [-0.15, -0.1) is 0 Å². The number of benzene rings is 4. The molecule has 0 unspecified atom stereocenters. The summed E-state index contributed by atoms with van der Waals surface area (Å²) in [5, 5.41) is 4.72. The first-order valence-corrected chi connectivity index (χ1v) is 13.0. The lowest BCUT2D eigenvalue weighted by molar-refractivity contribution is 0.880. The van der Waals surface area contributed by atoms with Crippen LogP contribution >= 0.6 is 0 Å². The van der Waals surface area contributed by atoms with Gasteiger partial charge in [0, 0.05) is 23.6 Å². The van der Waals surface area contributed by atoms with Gasteiger partial charge in [-0.3, -0.25) is 4.90 Å². The van der Waals surface area contributed by atoms with Crippen molar-refractivity contribution in [1.82, 2.24) is 14.8 Å². The fourth-order valence-electron chi connectivity index (χ4n) is 5.29. The van der Waals surface area contributed by atoms with E-state index in [0.29, 0.717) is 0 Å². The highest BCUT2D eigenvalue weighted by Gasteiger charge is 2.23. The zero-order chi connectivity index (χ0) is 25.3. The largest absolute Gasteiger partial charge is 0.294 e. The van der Waals surface area contributed by atoms with Crippen LogP contribution in [0.5, 0.6) is 0 Å². The Hall–Kier alpha value is -4.96. The lowest BCUT2D eigenvalue weighted by Crippen LogP contribution is -2.13. The Labute approximate surface area is 222 Å². The molecule has 4 heteroatoms.